The molecule has 1 aromatic heterocycles. The van der Waals surface area contributed by atoms with E-state index in [0.29, 0.717) is 5.02 Å². The Bertz CT molecular complexity index is 447. The lowest BCUT2D eigenvalue weighted by atomic mass is 10.3. The summed E-state index contributed by atoms with van der Waals surface area (Å²) in [6.07, 6.45) is 0. The van der Waals surface area contributed by atoms with Crippen LogP contribution in [-0.2, 0) is 0 Å². The minimum absolute atomic E-state index is 0.185. The fourth-order valence-corrected chi connectivity index (χ4v) is 1.31. The maximum atomic E-state index is 5.81. The second-order valence-electron chi connectivity index (χ2n) is 2.65. The Morgan fingerprint density at radius 3 is 2.57 bits per heavy atom. The Labute approximate surface area is 90.2 Å². The van der Waals surface area contributed by atoms with Crippen molar-refractivity contribution in [2.45, 2.75) is 0 Å². The van der Waals surface area contributed by atoms with E-state index in [1.54, 1.807) is 18.2 Å². The molecule has 0 saturated heterocycles. The summed E-state index contributed by atoms with van der Waals surface area (Å²) in [7, 11) is 0. The summed E-state index contributed by atoms with van der Waals surface area (Å²) >= 11 is 11.5. The van der Waals surface area contributed by atoms with E-state index in [-0.39, 0.29) is 11.0 Å². The van der Waals surface area contributed by atoms with E-state index < -0.39 is 0 Å². The summed E-state index contributed by atoms with van der Waals surface area (Å²) < 4.78 is 0. The third kappa shape index (κ3) is 1.66. The van der Waals surface area contributed by atoms with Crippen molar-refractivity contribution in [1.82, 2.24) is 15.0 Å². The van der Waals surface area contributed by atoms with Crippen LogP contribution in [-0.4, -0.2) is 15.0 Å². The number of hydrogen-bond donors (Lipinski definition) is 1. The highest BCUT2D eigenvalue weighted by Crippen LogP contribution is 2.17. The maximum absolute atomic E-state index is 5.81. The molecular formula is C8H6Cl2N4. The molecule has 0 aliphatic rings. The Morgan fingerprint density at radius 1 is 1.21 bits per heavy atom. The summed E-state index contributed by atoms with van der Waals surface area (Å²) in [5.41, 5.74) is 6.18. The SMILES string of the molecule is Nc1nn(-c2cccc(Cl)c2)nc1Cl. The van der Waals surface area contributed by atoms with E-state index in [1.807, 2.05) is 6.07 Å². The van der Waals surface area contributed by atoms with E-state index in [0.717, 1.165) is 5.69 Å². The second-order valence-corrected chi connectivity index (χ2v) is 3.44. The van der Waals surface area contributed by atoms with Gasteiger partial charge in [0.05, 0.1) is 5.69 Å². The van der Waals surface area contributed by atoms with Crippen molar-refractivity contribution in [3.63, 3.8) is 0 Å². The number of anilines is 1. The molecule has 14 heavy (non-hydrogen) atoms. The minimum atomic E-state index is 0.185. The molecule has 2 N–H and O–H groups in total. The van der Waals surface area contributed by atoms with Crippen molar-refractivity contribution >= 4 is 29.0 Å². The van der Waals surface area contributed by atoms with Crippen molar-refractivity contribution in [2.24, 2.45) is 0 Å². The van der Waals surface area contributed by atoms with Crippen molar-refractivity contribution in [1.29, 1.82) is 0 Å². The number of benzene rings is 1. The van der Waals surface area contributed by atoms with Gasteiger partial charge in [0.25, 0.3) is 0 Å². The molecule has 2 aromatic rings. The lowest BCUT2D eigenvalue weighted by molar-refractivity contribution is 0.755. The zero-order valence-corrected chi connectivity index (χ0v) is 8.50. The van der Waals surface area contributed by atoms with E-state index in [1.165, 1.54) is 4.80 Å². The van der Waals surface area contributed by atoms with E-state index in [2.05, 4.69) is 10.2 Å². The molecule has 0 fully saturated rings. The van der Waals surface area contributed by atoms with Gasteiger partial charge in [0.15, 0.2) is 11.0 Å². The van der Waals surface area contributed by atoms with Crippen LogP contribution in [0.25, 0.3) is 5.69 Å². The van der Waals surface area contributed by atoms with Gasteiger partial charge in [0.2, 0.25) is 0 Å². The van der Waals surface area contributed by atoms with Crippen molar-refractivity contribution in [2.75, 3.05) is 5.73 Å². The van der Waals surface area contributed by atoms with Gasteiger partial charge < -0.3 is 5.73 Å². The standard InChI is InChI=1S/C8H6Cl2N4/c9-5-2-1-3-6(4-5)14-12-7(10)8(11)13-14/h1-4H,(H2,11,13). The molecule has 0 aliphatic heterocycles. The Kier molecular flexibility index (Phi) is 2.31. The van der Waals surface area contributed by atoms with Gasteiger partial charge in [-0.05, 0) is 18.2 Å². The molecule has 6 heteroatoms. The minimum Gasteiger partial charge on any atom is -0.380 e. The fourth-order valence-electron chi connectivity index (χ4n) is 1.02. The average Bonchev–Trinajstić information content (AvgIpc) is 2.47. The summed E-state index contributed by atoms with van der Waals surface area (Å²) in [6, 6.07) is 7.09. The van der Waals surface area contributed by atoms with Crippen LogP contribution >= 0.6 is 23.2 Å². The van der Waals surface area contributed by atoms with E-state index in [4.69, 9.17) is 28.9 Å². The van der Waals surface area contributed by atoms with Gasteiger partial charge in [-0.25, -0.2) is 0 Å². The first-order chi connectivity index (χ1) is 6.66. The molecule has 0 bridgehead atoms. The van der Waals surface area contributed by atoms with Crippen LogP contribution in [0.4, 0.5) is 5.82 Å². The first kappa shape index (κ1) is 9.30. The normalized spacial score (nSPS) is 10.4. The number of hydrogen-bond acceptors (Lipinski definition) is 3. The summed E-state index contributed by atoms with van der Waals surface area (Å²) in [6.45, 7) is 0. The van der Waals surface area contributed by atoms with Gasteiger partial charge in [-0.3, -0.25) is 0 Å². The van der Waals surface area contributed by atoms with Crippen molar-refractivity contribution < 1.29 is 0 Å². The van der Waals surface area contributed by atoms with Gasteiger partial charge in [-0.1, -0.05) is 29.3 Å². The van der Waals surface area contributed by atoms with E-state index in [9.17, 15) is 0 Å². The summed E-state index contributed by atoms with van der Waals surface area (Å²) in [4.78, 5) is 1.34. The third-order valence-corrected chi connectivity index (χ3v) is 2.14. The lowest BCUT2D eigenvalue weighted by Gasteiger charge is -1.98. The first-order valence-corrected chi connectivity index (χ1v) is 4.56. The molecule has 0 amide bonds. The second kappa shape index (κ2) is 3.48. The fraction of sp³-hybridized carbons (Fsp3) is 0. The lowest BCUT2D eigenvalue weighted by Crippen LogP contribution is -1.98. The molecule has 4 nitrogen and oxygen atoms in total. The van der Waals surface area contributed by atoms with Crippen LogP contribution in [0, 0.1) is 0 Å². The number of nitrogens with zero attached hydrogens (tertiary/aromatic N) is 3. The van der Waals surface area contributed by atoms with Crippen molar-refractivity contribution in [3.05, 3.63) is 34.4 Å². The molecule has 1 heterocycles. The van der Waals surface area contributed by atoms with Crippen LogP contribution in [0.1, 0.15) is 0 Å². The third-order valence-electron chi connectivity index (χ3n) is 1.64. The molecule has 0 spiro atoms. The smallest absolute Gasteiger partial charge is 0.195 e. The monoisotopic (exact) mass is 228 g/mol. The highest BCUT2D eigenvalue weighted by Gasteiger charge is 2.06. The molecule has 1 aromatic carbocycles. The molecule has 72 valence electrons. The molecule has 0 atom stereocenters. The number of halogens is 2. The zero-order chi connectivity index (χ0) is 10.1. The summed E-state index contributed by atoms with van der Waals surface area (Å²) in [5.74, 6) is 0.201. The number of rotatable bonds is 1. The number of nitrogen functional groups attached to an aromatic ring is 1. The Hall–Kier alpha value is -1.26. The molecule has 2 rings (SSSR count). The number of aromatic nitrogens is 3. The molecule has 0 radical (unpaired) electrons. The average molecular weight is 229 g/mol. The Balaban J connectivity index is 2.49. The molecule has 0 unspecified atom stereocenters. The highest BCUT2D eigenvalue weighted by atomic mass is 35.5. The zero-order valence-electron chi connectivity index (χ0n) is 6.98. The van der Waals surface area contributed by atoms with Gasteiger partial charge in [-0.15, -0.1) is 15.0 Å². The molecule has 0 aliphatic carbocycles. The number of nitrogens with two attached hydrogens (primary N) is 1. The van der Waals surface area contributed by atoms with Gasteiger partial charge in [0, 0.05) is 5.02 Å². The van der Waals surface area contributed by atoms with Crippen LogP contribution in [0.3, 0.4) is 0 Å². The van der Waals surface area contributed by atoms with Gasteiger partial charge >= 0.3 is 0 Å². The van der Waals surface area contributed by atoms with Gasteiger partial charge in [0.1, 0.15) is 0 Å². The van der Waals surface area contributed by atoms with E-state index >= 15 is 0 Å². The predicted octanol–water partition coefficient (Wildman–Crippen LogP) is 2.16. The molecular weight excluding hydrogens is 223 g/mol. The van der Waals surface area contributed by atoms with Crippen LogP contribution in [0.2, 0.25) is 10.2 Å². The quantitative estimate of drug-likeness (QED) is 0.814. The largest absolute Gasteiger partial charge is 0.380 e. The topological polar surface area (TPSA) is 56.7 Å². The predicted molar refractivity (Wildman–Crippen MR) is 55.8 cm³/mol. The van der Waals surface area contributed by atoms with Crippen molar-refractivity contribution in [3.8, 4) is 5.69 Å². The maximum Gasteiger partial charge on any atom is 0.195 e. The van der Waals surface area contributed by atoms with Crippen LogP contribution < -0.4 is 5.73 Å². The van der Waals surface area contributed by atoms with Gasteiger partial charge in [-0.2, -0.15) is 0 Å². The van der Waals surface area contributed by atoms with Crippen LogP contribution in [0.5, 0.6) is 0 Å². The highest BCUT2D eigenvalue weighted by molar-refractivity contribution is 6.31. The molecule has 0 saturated carbocycles. The first-order valence-electron chi connectivity index (χ1n) is 3.81. The Morgan fingerprint density at radius 2 is 2.00 bits per heavy atom. The summed E-state index contributed by atoms with van der Waals surface area (Å²) in [5, 5.41) is 8.61. The van der Waals surface area contributed by atoms with Crippen LogP contribution in [0.15, 0.2) is 24.3 Å².